The highest BCUT2D eigenvalue weighted by Gasteiger charge is 2.08. The van der Waals surface area contributed by atoms with Crippen LogP contribution in [0.1, 0.15) is 35.7 Å². The van der Waals surface area contributed by atoms with Gasteiger partial charge in [0.2, 0.25) is 0 Å². The molecule has 0 saturated heterocycles. The van der Waals surface area contributed by atoms with Crippen LogP contribution >= 0.6 is 12.4 Å². The molecular formula is C18H23ClN2O2. The van der Waals surface area contributed by atoms with Gasteiger partial charge in [-0.2, -0.15) is 0 Å². The third kappa shape index (κ3) is 5.49. The molecule has 0 radical (unpaired) electrons. The lowest BCUT2D eigenvalue weighted by Crippen LogP contribution is -2.13. The number of aryl methyl sites for hydroxylation is 1. The Balaban J connectivity index is 0.00000264. The third-order valence-electron chi connectivity index (χ3n) is 3.36. The van der Waals surface area contributed by atoms with Crippen LogP contribution in [0.3, 0.4) is 0 Å². The molecule has 0 spiro atoms. The fourth-order valence-electron chi connectivity index (χ4n) is 2.07. The van der Waals surface area contributed by atoms with Crippen LogP contribution in [0.25, 0.3) is 0 Å². The molecule has 0 aliphatic heterocycles. The van der Waals surface area contributed by atoms with Gasteiger partial charge in [0.1, 0.15) is 5.75 Å². The van der Waals surface area contributed by atoms with E-state index in [9.17, 15) is 4.79 Å². The zero-order valence-electron chi connectivity index (χ0n) is 13.5. The molecule has 124 valence electrons. The largest absolute Gasteiger partial charge is 0.494 e. The molecule has 0 aliphatic carbocycles. The molecule has 1 amide bonds. The summed E-state index contributed by atoms with van der Waals surface area (Å²) < 4.78 is 5.66. The predicted octanol–water partition coefficient (Wildman–Crippen LogP) is 4.43. The van der Waals surface area contributed by atoms with E-state index in [0.29, 0.717) is 17.9 Å². The first-order chi connectivity index (χ1) is 10.6. The van der Waals surface area contributed by atoms with E-state index in [0.717, 1.165) is 29.8 Å². The lowest BCUT2D eigenvalue weighted by atomic mass is 10.1. The molecule has 5 heteroatoms. The highest BCUT2D eigenvalue weighted by Crippen LogP contribution is 2.22. The molecule has 0 aromatic heterocycles. The molecule has 0 atom stereocenters. The zero-order valence-corrected chi connectivity index (χ0v) is 14.3. The van der Waals surface area contributed by atoms with E-state index in [4.69, 9.17) is 10.5 Å². The minimum Gasteiger partial charge on any atom is -0.494 e. The van der Waals surface area contributed by atoms with Gasteiger partial charge in [0.05, 0.1) is 6.61 Å². The molecule has 0 unspecified atom stereocenters. The van der Waals surface area contributed by atoms with E-state index < -0.39 is 0 Å². The Hall–Kier alpha value is -2.20. The summed E-state index contributed by atoms with van der Waals surface area (Å²) in [7, 11) is 0. The van der Waals surface area contributed by atoms with Gasteiger partial charge in [-0.1, -0.05) is 19.4 Å². The van der Waals surface area contributed by atoms with Gasteiger partial charge in [-0.05, 0) is 55.3 Å². The summed E-state index contributed by atoms with van der Waals surface area (Å²) in [4.78, 5) is 12.2. The summed E-state index contributed by atoms with van der Waals surface area (Å²) in [5, 5.41) is 2.90. The van der Waals surface area contributed by atoms with Crippen LogP contribution in [0.5, 0.6) is 5.75 Å². The second-order valence-electron chi connectivity index (χ2n) is 5.26. The number of rotatable bonds is 6. The number of nitrogens with two attached hydrogens (primary N) is 1. The third-order valence-corrected chi connectivity index (χ3v) is 3.36. The van der Waals surface area contributed by atoms with Crippen LogP contribution in [-0.4, -0.2) is 12.5 Å². The van der Waals surface area contributed by atoms with Crippen molar-refractivity contribution in [1.29, 1.82) is 0 Å². The molecule has 0 bridgehead atoms. The maximum atomic E-state index is 12.2. The molecule has 2 aromatic carbocycles. The summed E-state index contributed by atoms with van der Waals surface area (Å²) in [6, 6.07) is 12.6. The van der Waals surface area contributed by atoms with Gasteiger partial charge in [-0.3, -0.25) is 4.79 Å². The van der Waals surface area contributed by atoms with Crippen LogP contribution in [0, 0.1) is 6.92 Å². The zero-order chi connectivity index (χ0) is 15.9. The Morgan fingerprint density at radius 1 is 1.22 bits per heavy atom. The Labute approximate surface area is 143 Å². The van der Waals surface area contributed by atoms with Gasteiger partial charge in [0.25, 0.3) is 5.91 Å². The van der Waals surface area contributed by atoms with Gasteiger partial charge in [-0.15, -0.1) is 12.4 Å². The van der Waals surface area contributed by atoms with Crippen LogP contribution < -0.4 is 15.8 Å². The van der Waals surface area contributed by atoms with Crippen LogP contribution in [-0.2, 0) is 0 Å². The second kappa shape index (κ2) is 9.06. The van der Waals surface area contributed by atoms with Crippen molar-refractivity contribution in [2.24, 2.45) is 0 Å². The molecule has 4 nitrogen and oxygen atoms in total. The van der Waals surface area contributed by atoms with E-state index in [-0.39, 0.29) is 18.3 Å². The summed E-state index contributed by atoms with van der Waals surface area (Å²) in [5.41, 5.74) is 8.56. The van der Waals surface area contributed by atoms with Crippen LogP contribution in [0.15, 0.2) is 42.5 Å². The Morgan fingerprint density at radius 3 is 2.65 bits per heavy atom. The number of anilines is 2. The van der Waals surface area contributed by atoms with Gasteiger partial charge < -0.3 is 15.8 Å². The summed E-state index contributed by atoms with van der Waals surface area (Å²) in [5.74, 6) is 0.656. The summed E-state index contributed by atoms with van der Waals surface area (Å²) in [6.07, 6.45) is 2.14. The highest BCUT2D eigenvalue weighted by molar-refractivity contribution is 6.05. The normalized spacial score (nSPS) is 9.83. The fraction of sp³-hybridized carbons (Fsp3) is 0.278. The van der Waals surface area contributed by atoms with Crippen molar-refractivity contribution in [3.63, 3.8) is 0 Å². The number of halogens is 1. The number of nitrogens with one attached hydrogen (secondary N) is 1. The van der Waals surface area contributed by atoms with Crippen molar-refractivity contribution in [2.45, 2.75) is 26.7 Å². The van der Waals surface area contributed by atoms with Crippen LogP contribution in [0.2, 0.25) is 0 Å². The predicted molar refractivity (Wildman–Crippen MR) is 97.6 cm³/mol. The summed E-state index contributed by atoms with van der Waals surface area (Å²) in [6.45, 7) is 4.79. The molecule has 0 aliphatic rings. The molecule has 23 heavy (non-hydrogen) atoms. The van der Waals surface area contributed by atoms with E-state index >= 15 is 0 Å². The highest BCUT2D eigenvalue weighted by atomic mass is 35.5. The second-order valence-corrected chi connectivity index (χ2v) is 5.26. The average molecular weight is 335 g/mol. The van der Waals surface area contributed by atoms with Crippen molar-refractivity contribution < 1.29 is 9.53 Å². The number of benzene rings is 2. The van der Waals surface area contributed by atoms with E-state index in [1.54, 1.807) is 24.3 Å². The molecule has 0 fully saturated rings. The number of hydrogen-bond donors (Lipinski definition) is 2. The minimum atomic E-state index is -0.171. The van der Waals surface area contributed by atoms with Gasteiger partial charge in [0.15, 0.2) is 0 Å². The Bertz CT molecular complexity index is 659. The quantitative estimate of drug-likeness (QED) is 0.606. The SMILES string of the molecule is CCCCOc1ccc(NC(=O)c2cccc(N)c2)c(C)c1.Cl. The maximum absolute atomic E-state index is 12.2. The smallest absolute Gasteiger partial charge is 0.255 e. The molecule has 2 aromatic rings. The lowest BCUT2D eigenvalue weighted by molar-refractivity contribution is 0.102. The Morgan fingerprint density at radius 2 is 2.00 bits per heavy atom. The van der Waals surface area contributed by atoms with Gasteiger partial charge in [0, 0.05) is 16.9 Å². The monoisotopic (exact) mass is 334 g/mol. The number of amides is 1. The number of unbranched alkanes of at least 4 members (excludes halogenated alkanes) is 1. The average Bonchev–Trinajstić information content (AvgIpc) is 2.50. The van der Waals surface area contributed by atoms with Crippen LogP contribution in [0.4, 0.5) is 11.4 Å². The van der Waals surface area contributed by atoms with Gasteiger partial charge in [-0.25, -0.2) is 0 Å². The van der Waals surface area contributed by atoms with Gasteiger partial charge >= 0.3 is 0 Å². The van der Waals surface area contributed by atoms with Crippen molar-refractivity contribution in [3.8, 4) is 5.75 Å². The first-order valence-corrected chi connectivity index (χ1v) is 7.50. The molecule has 0 heterocycles. The first-order valence-electron chi connectivity index (χ1n) is 7.50. The topological polar surface area (TPSA) is 64.3 Å². The molecular weight excluding hydrogens is 312 g/mol. The molecule has 3 N–H and O–H groups in total. The fourth-order valence-corrected chi connectivity index (χ4v) is 2.07. The van der Waals surface area contributed by atoms with Crippen molar-refractivity contribution >= 4 is 29.7 Å². The van der Waals surface area contributed by atoms with Crippen molar-refractivity contribution in [3.05, 3.63) is 53.6 Å². The molecule has 0 saturated carbocycles. The van der Waals surface area contributed by atoms with E-state index in [1.807, 2.05) is 25.1 Å². The van der Waals surface area contributed by atoms with Crippen molar-refractivity contribution in [1.82, 2.24) is 0 Å². The molecule has 2 rings (SSSR count). The van der Waals surface area contributed by atoms with Crippen molar-refractivity contribution in [2.75, 3.05) is 17.7 Å². The standard InChI is InChI=1S/C18H22N2O2.ClH/c1-3-4-10-22-16-8-9-17(13(2)11-16)20-18(21)14-6-5-7-15(19)12-14;/h5-9,11-12H,3-4,10,19H2,1-2H3,(H,20,21);1H. The van der Waals surface area contributed by atoms with E-state index in [2.05, 4.69) is 12.2 Å². The summed E-state index contributed by atoms with van der Waals surface area (Å²) >= 11 is 0. The first kappa shape index (κ1) is 18.8. The number of carbonyl (C=O) groups excluding carboxylic acids is 1. The number of carbonyl (C=O) groups is 1. The lowest BCUT2D eigenvalue weighted by Gasteiger charge is -2.11. The number of hydrogen-bond acceptors (Lipinski definition) is 3. The number of nitrogen functional groups attached to an aromatic ring is 1. The maximum Gasteiger partial charge on any atom is 0.255 e. The van der Waals surface area contributed by atoms with E-state index in [1.165, 1.54) is 0 Å². The Kier molecular flexibility index (Phi) is 7.42. The minimum absolute atomic E-state index is 0. The number of ether oxygens (including phenoxy) is 1.